The van der Waals surface area contributed by atoms with Crippen molar-refractivity contribution in [1.29, 1.82) is 0 Å². The molecule has 0 spiro atoms. The molecule has 0 radical (unpaired) electrons. The van der Waals surface area contributed by atoms with Gasteiger partial charge >= 0.3 is 0 Å². The van der Waals surface area contributed by atoms with Gasteiger partial charge < -0.3 is 20.8 Å². The zero-order valence-electron chi connectivity index (χ0n) is 7.49. The Hall–Kier alpha value is -0.650. The molecule has 0 aromatic carbocycles. The Balaban J connectivity index is 1.96. The smallest absolute Gasteiger partial charge is 0.234 e. The second-order valence-electron chi connectivity index (χ2n) is 3.30. The van der Waals surface area contributed by atoms with Gasteiger partial charge in [0.25, 0.3) is 0 Å². The monoisotopic (exact) mass is 188 g/mol. The van der Waals surface area contributed by atoms with Gasteiger partial charge in [0, 0.05) is 12.6 Å². The molecule has 0 aliphatic heterocycles. The van der Waals surface area contributed by atoms with E-state index in [1.165, 1.54) is 0 Å². The Morgan fingerprint density at radius 1 is 1.54 bits per heavy atom. The highest BCUT2D eigenvalue weighted by Gasteiger charge is 2.21. The summed E-state index contributed by atoms with van der Waals surface area (Å²) in [7, 11) is 0. The van der Waals surface area contributed by atoms with Crippen LogP contribution in [0.2, 0.25) is 0 Å². The molecule has 0 aromatic rings. The van der Waals surface area contributed by atoms with Crippen molar-refractivity contribution in [3.8, 4) is 0 Å². The molecule has 1 aliphatic rings. The van der Waals surface area contributed by atoms with Crippen LogP contribution in [0.4, 0.5) is 0 Å². The molecule has 1 unspecified atom stereocenters. The first kappa shape index (κ1) is 10.4. The molecule has 1 amide bonds. The molecule has 1 atom stereocenters. The van der Waals surface area contributed by atoms with E-state index in [-0.39, 0.29) is 19.1 Å². The van der Waals surface area contributed by atoms with Crippen LogP contribution in [0.5, 0.6) is 0 Å². The van der Waals surface area contributed by atoms with Crippen LogP contribution in [0.15, 0.2) is 0 Å². The molecular weight excluding hydrogens is 172 g/mol. The van der Waals surface area contributed by atoms with Gasteiger partial charge in [-0.15, -0.1) is 0 Å². The minimum Gasteiger partial charge on any atom is -0.394 e. The highest BCUT2D eigenvalue weighted by Crippen LogP contribution is 2.17. The van der Waals surface area contributed by atoms with Crippen molar-refractivity contribution in [3.63, 3.8) is 0 Å². The second-order valence-corrected chi connectivity index (χ2v) is 3.30. The zero-order chi connectivity index (χ0) is 9.68. The Labute approximate surface area is 77.1 Å². The molecule has 1 rings (SSSR count). The summed E-state index contributed by atoms with van der Waals surface area (Å²) in [6.45, 7) is 0.0842. The van der Waals surface area contributed by atoms with E-state index < -0.39 is 6.10 Å². The van der Waals surface area contributed by atoms with Crippen LogP contribution in [0.25, 0.3) is 0 Å². The molecule has 5 nitrogen and oxygen atoms in total. The van der Waals surface area contributed by atoms with Gasteiger partial charge in [0.2, 0.25) is 5.91 Å². The number of aliphatic hydroxyl groups is 2. The third-order valence-electron chi connectivity index (χ3n) is 1.87. The van der Waals surface area contributed by atoms with E-state index in [2.05, 4.69) is 10.6 Å². The number of carbonyl (C=O) groups is 1. The van der Waals surface area contributed by atoms with Crippen molar-refractivity contribution in [2.45, 2.75) is 25.0 Å². The Morgan fingerprint density at radius 3 is 2.77 bits per heavy atom. The summed E-state index contributed by atoms with van der Waals surface area (Å²) in [5, 5.41) is 22.9. The van der Waals surface area contributed by atoms with E-state index in [1.54, 1.807) is 0 Å². The lowest BCUT2D eigenvalue weighted by Crippen LogP contribution is -2.39. The average molecular weight is 188 g/mol. The summed E-state index contributed by atoms with van der Waals surface area (Å²) in [5.41, 5.74) is 0. The lowest BCUT2D eigenvalue weighted by atomic mass is 10.4. The van der Waals surface area contributed by atoms with Crippen LogP contribution in [0.1, 0.15) is 12.8 Å². The van der Waals surface area contributed by atoms with Gasteiger partial charge in [-0.05, 0) is 12.8 Å². The molecule has 76 valence electrons. The molecule has 1 saturated carbocycles. The maximum Gasteiger partial charge on any atom is 0.234 e. The molecule has 0 bridgehead atoms. The van der Waals surface area contributed by atoms with E-state index in [1.807, 2.05) is 0 Å². The number of hydrogen-bond acceptors (Lipinski definition) is 4. The van der Waals surface area contributed by atoms with Gasteiger partial charge in [0.05, 0.1) is 19.3 Å². The highest BCUT2D eigenvalue weighted by molar-refractivity contribution is 5.78. The van der Waals surface area contributed by atoms with Crippen molar-refractivity contribution in [2.24, 2.45) is 0 Å². The minimum atomic E-state index is -0.857. The normalized spacial score (nSPS) is 18.3. The van der Waals surface area contributed by atoms with E-state index in [0.717, 1.165) is 12.8 Å². The predicted molar refractivity (Wildman–Crippen MR) is 47.1 cm³/mol. The van der Waals surface area contributed by atoms with Crippen molar-refractivity contribution in [3.05, 3.63) is 0 Å². The molecule has 1 aliphatic carbocycles. The van der Waals surface area contributed by atoms with Gasteiger partial charge in [0.15, 0.2) is 0 Å². The number of carbonyl (C=O) groups excluding carboxylic acids is 1. The molecule has 0 heterocycles. The third-order valence-corrected chi connectivity index (χ3v) is 1.87. The van der Waals surface area contributed by atoms with Crippen LogP contribution in [-0.4, -0.2) is 48.0 Å². The number of rotatable bonds is 6. The number of aliphatic hydroxyl groups excluding tert-OH is 2. The lowest BCUT2D eigenvalue weighted by molar-refractivity contribution is -0.120. The standard InChI is InChI=1S/C8H16N2O3/c11-5-7(12)3-10-8(13)4-9-6-1-2-6/h6-7,9,11-12H,1-5H2,(H,10,13). The van der Waals surface area contributed by atoms with Gasteiger partial charge in [-0.2, -0.15) is 0 Å². The van der Waals surface area contributed by atoms with Crippen LogP contribution >= 0.6 is 0 Å². The summed E-state index contributed by atoms with van der Waals surface area (Å²) in [6, 6.07) is 0.508. The summed E-state index contributed by atoms with van der Waals surface area (Å²) < 4.78 is 0. The summed E-state index contributed by atoms with van der Waals surface area (Å²) in [6.07, 6.45) is 1.43. The quantitative estimate of drug-likeness (QED) is 0.397. The minimum absolute atomic E-state index is 0.113. The highest BCUT2D eigenvalue weighted by atomic mass is 16.3. The predicted octanol–water partition coefficient (Wildman–Crippen LogP) is -1.79. The van der Waals surface area contributed by atoms with Gasteiger partial charge in [-0.25, -0.2) is 0 Å². The first-order chi connectivity index (χ1) is 6.22. The number of amides is 1. The SMILES string of the molecule is O=C(CNC1CC1)NCC(O)CO. The van der Waals surface area contributed by atoms with Crippen molar-refractivity contribution < 1.29 is 15.0 Å². The topological polar surface area (TPSA) is 81.6 Å². The maximum absolute atomic E-state index is 11.0. The van der Waals surface area contributed by atoms with Crippen LogP contribution < -0.4 is 10.6 Å². The molecule has 4 N–H and O–H groups in total. The average Bonchev–Trinajstić information content (AvgIpc) is 2.94. The Morgan fingerprint density at radius 2 is 2.23 bits per heavy atom. The maximum atomic E-state index is 11.0. The van der Waals surface area contributed by atoms with Crippen molar-refractivity contribution in [2.75, 3.05) is 19.7 Å². The molecule has 0 saturated heterocycles. The fraction of sp³-hybridized carbons (Fsp3) is 0.875. The first-order valence-corrected chi connectivity index (χ1v) is 4.51. The van der Waals surface area contributed by atoms with E-state index in [9.17, 15) is 4.79 Å². The number of nitrogens with one attached hydrogen (secondary N) is 2. The van der Waals surface area contributed by atoms with Gasteiger partial charge in [0.1, 0.15) is 0 Å². The summed E-state index contributed by atoms with van der Waals surface area (Å²) in [4.78, 5) is 11.0. The fourth-order valence-corrected chi connectivity index (χ4v) is 0.883. The molecular formula is C8H16N2O3. The molecule has 0 aromatic heterocycles. The van der Waals surface area contributed by atoms with E-state index in [4.69, 9.17) is 10.2 Å². The summed E-state index contributed by atoms with van der Waals surface area (Å²) in [5.74, 6) is -0.139. The Kier molecular flexibility index (Phi) is 4.14. The second kappa shape index (κ2) is 5.16. The van der Waals surface area contributed by atoms with Gasteiger partial charge in [-0.3, -0.25) is 4.79 Å². The first-order valence-electron chi connectivity index (χ1n) is 4.51. The lowest BCUT2D eigenvalue weighted by Gasteiger charge is -2.08. The van der Waals surface area contributed by atoms with Crippen LogP contribution in [-0.2, 0) is 4.79 Å². The Bertz CT molecular complexity index is 171. The molecule has 5 heteroatoms. The molecule has 13 heavy (non-hydrogen) atoms. The van der Waals surface area contributed by atoms with E-state index >= 15 is 0 Å². The largest absolute Gasteiger partial charge is 0.394 e. The van der Waals surface area contributed by atoms with Crippen LogP contribution in [0.3, 0.4) is 0 Å². The van der Waals surface area contributed by atoms with Crippen LogP contribution in [0, 0.1) is 0 Å². The third kappa shape index (κ3) is 4.82. The van der Waals surface area contributed by atoms with Gasteiger partial charge in [-0.1, -0.05) is 0 Å². The number of hydrogen-bond donors (Lipinski definition) is 4. The van der Waals surface area contributed by atoms with Crippen molar-refractivity contribution in [1.82, 2.24) is 10.6 Å². The van der Waals surface area contributed by atoms with E-state index in [0.29, 0.717) is 12.6 Å². The fourth-order valence-electron chi connectivity index (χ4n) is 0.883. The molecule has 1 fully saturated rings. The summed E-state index contributed by atoms with van der Waals surface area (Å²) >= 11 is 0. The zero-order valence-corrected chi connectivity index (χ0v) is 7.49. The van der Waals surface area contributed by atoms with Crippen molar-refractivity contribution >= 4 is 5.91 Å².